The van der Waals surface area contributed by atoms with Crippen molar-refractivity contribution < 1.29 is 23.8 Å². The average Bonchev–Trinajstić information content (AvgIpc) is 3.53. The molecule has 3 atom stereocenters. The molecule has 0 amide bonds. The number of nitrogens with zero attached hydrogens (tertiary/aromatic N) is 1. The summed E-state index contributed by atoms with van der Waals surface area (Å²) in [6, 6.07) is 20.1. The highest BCUT2D eigenvalue weighted by molar-refractivity contribution is 6.35. The summed E-state index contributed by atoms with van der Waals surface area (Å²) in [5.74, 6) is -0.430. The van der Waals surface area contributed by atoms with Gasteiger partial charge in [-0.05, 0) is 44.2 Å². The molecule has 2 aromatic rings. The zero-order valence-corrected chi connectivity index (χ0v) is 22.3. The van der Waals surface area contributed by atoms with E-state index in [1.807, 2.05) is 55.5 Å². The zero-order valence-electron chi connectivity index (χ0n) is 22.3. The van der Waals surface area contributed by atoms with Gasteiger partial charge in [0, 0.05) is 13.2 Å². The van der Waals surface area contributed by atoms with Gasteiger partial charge in [0.1, 0.15) is 30.5 Å². The first-order valence-electron chi connectivity index (χ1n) is 13.3. The Morgan fingerprint density at radius 2 is 1.53 bits per heavy atom. The summed E-state index contributed by atoms with van der Waals surface area (Å²) in [6.07, 6.45) is 5.49. The molecule has 38 heavy (non-hydrogen) atoms. The summed E-state index contributed by atoms with van der Waals surface area (Å²) in [5, 5.41) is 3.46. The summed E-state index contributed by atoms with van der Waals surface area (Å²) in [7, 11) is 0. The summed E-state index contributed by atoms with van der Waals surface area (Å²) in [4.78, 5) is 27.2. The van der Waals surface area contributed by atoms with E-state index in [9.17, 15) is 9.59 Å². The van der Waals surface area contributed by atoms with Crippen LogP contribution in [-0.4, -0.2) is 49.6 Å². The van der Waals surface area contributed by atoms with Crippen molar-refractivity contribution in [1.82, 2.24) is 5.32 Å². The molecule has 2 aromatic carbocycles. The van der Waals surface area contributed by atoms with E-state index >= 15 is 0 Å². The maximum Gasteiger partial charge on any atom is 0.352 e. The van der Waals surface area contributed by atoms with Crippen LogP contribution < -0.4 is 5.32 Å². The lowest BCUT2D eigenvalue weighted by atomic mass is 9.91. The lowest BCUT2D eigenvalue weighted by Gasteiger charge is -2.38. The van der Waals surface area contributed by atoms with Gasteiger partial charge in [0.15, 0.2) is 0 Å². The molecule has 1 N–H and O–H groups in total. The highest BCUT2D eigenvalue weighted by atomic mass is 16.5. The van der Waals surface area contributed by atoms with Crippen LogP contribution in [0.3, 0.4) is 0 Å². The number of aliphatic imine (C=N–C) groups is 1. The van der Waals surface area contributed by atoms with E-state index in [0.29, 0.717) is 18.9 Å². The molecular formula is C31H44N2O5. The number of hydrogen-bond acceptors (Lipinski definition) is 7. The topological polar surface area (TPSA) is 86.2 Å². The molecule has 2 saturated heterocycles. The van der Waals surface area contributed by atoms with Gasteiger partial charge < -0.3 is 14.2 Å². The van der Waals surface area contributed by atoms with Crippen molar-refractivity contribution in [2.24, 2.45) is 4.99 Å². The largest absolute Gasteiger partial charge is 0.462 e. The highest BCUT2D eigenvalue weighted by Gasteiger charge is 2.40. The number of cyclic esters (lactones) is 2. The molecule has 208 valence electrons. The number of morpholine rings is 1. The molecule has 5 rings (SSSR count). The zero-order chi connectivity index (χ0) is 26.5. The van der Waals surface area contributed by atoms with Crippen molar-refractivity contribution in [3.8, 4) is 0 Å². The Bertz CT molecular complexity index is 1000. The molecule has 3 heterocycles. The number of benzene rings is 2. The number of hydrogen-bond donors (Lipinski definition) is 1. The van der Waals surface area contributed by atoms with Crippen LogP contribution >= 0.6 is 0 Å². The Hall–Kier alpha value is -3.03. The van der Waals surface area contributed by atoms with E-state index in [1.54, 1.807) is 6.92 Å². The first kappa shape index (κ1) is 31.2. The molecule has 0 bridgehead atoms. The van der Waals surface area contributed by atoms with Gasteiger partial charge in [-0.15, -0.1) is 0 Å². The number of nitrogens with one attached hydrogen (secondary N) is 1. The van der Waals surface area contributed by atoms with E-state index in [1.165, 1.54) is 18.4 Å². The minimum absolute atomic E-state index is 0. The van der Waals surface area contributed by atoms with Crippen molar-refractivity contribution in [2.75, 3.05) is 26.4 Å². The summed E-state index contributed by atoms with van der Waals surface area (Å²) in [6.45, 7) is 8.52. The Balaban J connectivity index is 0.000000224. The molecule has 2 fully saturated rings. The molecule has 0 radical (unpaired) electrons. The van der Waals surface area contributed by atoms with Crippen molar-refractivity contribution in [3.05, 3.63) is 71.8 Å². The van der Waals surface area contributed by atoms with Gasteiger partial charge in [-0.25, -0.2) is 4.79 Å². The van der Waals surface area contributed by atoms with Gasteiger partial charge in [0.2, 0.25) is 0 Å². The fourth-order valence-corrected chi connectivity index (χ4v) is 4.31. The predicted octanol–water partition coefficient (Wildman–Crippen LogP) is 6.00. The molecule has 3 aliphatic rings. The Morgan fingerprint density at radius 3 is 2.05 bits per heavy atom. The summed E-state index contributed by atoms with van der Waals surface area (Å²) in [5.41, 5.74) is 2.16. The maximum absolute atomic E-state index is 11.9. The van der Waals surface area contributed by atoms with Crippen LogP contribution in [-0.2, 0) is 23.8 Å². The van der Waals surface area contributed by atoms with Crippen LogP contribution in [0.1, 0.15) is 83.5 Å². The highest BCUT2D eigenvalue weighted by Crippen LogP contribution is 2.27. The van der Waals surface area contributed by atoms with E-state index in [2.05, 4.69) is 29.4 Å². The standard InChI is InChI=1S/C15H21NO2.C11H11NO2.C4H8O.CH4/c1-3-4-10-15(2)14(17)18-11-13(16-15)12-8-6-5-7-9-12;1-8-11(13)14-7-10(12-8)9-5-3-2-4-6-9;1-2-4-5-3-1;/h5-9,13,16H,3-4,10-11H2,1-2H3;2-6,10H,7H2,1H3;1-4H2;1H4/t13-,15+;10-;;/m00../s1. The minimum Gasteiger partial charge on any atom is -0.462 e. The monoisotopic (exact) mass is 524 g/mol. The van der Waals surface area contributed by atoms with E-state index in [0.717, 1.165) is 38.0 Å². The molecule has 0 aromatic heterocycles. The Morgan fingerprint density at radius 1 is 0.921 bits per heavy atom. The van der Waals surface area contributed by atoms with Crippen LogP contribution in [0.25, 0.3) is 0 Å². The Labute approximate surface area is 228 Å². The number of unbranched alkanes of at least 4 members (excludes halogenated alkanes) is 1. The first-order chi connectivity index (χ1) is 17.9. The van der Waals surface area contributed by atoms with Crippen LogP contribution in [0.2, 0.25) is 0 Å². The number of ether oxygens (including phenoxy) is 3. The quantitative estimate of drug-likeness (QED) is 0.483. The van der Waals surface area contributed by atoms with Crippen LogP contribution in [0.5, 0.6) is 0 Å². The second kappa shape index (κ2) is 16.0. The third-order valence-corrected chi connectivity index (χ3v) is 6.59. The molecule has 7 heteroatoms. The van der Waals surface area contributed by atoms with E-state index in [-0.39, 0.29) is 31.4 Å². The fourth-order valence-electron chi connectivity index (χ4n) is 4.31. The summed E-state index contributed by atoms with van der Waals surface area (Å²) < 4.78 is 15.3. The third kappa shape index (κ3) is 9.37. The molecule has 0 aliphatic carbocycles. The third-order valence-electron chi connectivity index (χ3n) is 6.59. The average molecular weight is 525 g/mol. The van der Waals surface area contributed by atoms with E-state index in [4.69, 9.17) is 14.2 Å². The lowest BCUT2D eigenvalue weighted by molar-refractivity contribution is -0.158. The second-order valence-corrected chi connectivity index (χ2v) is 9.70. The SMILES string of the molecule is C.C1CCOC1.CC1=N[C@H](c2ccccc2)COC1=O.CCCC[C@@]1(C)N[C@H](c2ccccc2)COC1=O. The molecule has 7 nitrogen and oxygen atoms in total. The van der Waals surface area contributed by atoms with Crippen LogP contribution in [0.15, 0.2) is 65.7 Å². The molecule has 0 unspecified atom stereocenters. The predicted molar refractivity (Wildman–Crippen MR) is 151 cm³/mol. The summed E-state index contributed by atoms with van der Waals surface area (Å²) >= 11 is 0. The first-order valence-corrected chi connectivity index (χ1v) is 13.3. The van der Waals surface area contributed by atoms with Crippen LogP contribution in [0, 0.1) is 0 Å². The van der Waals surface area contributed by atoms with Crippen molar-refractivity contribution in [1.29, 1.82) is 0 Å². The number of carbonyl (C=O) groups excluding carboxylic acids is 2. The van der Waals surface area contributed by atoms with Gasteiger partial charge in [-0.1, -0.05) is 87.9 Å². The Kier molecular flexibility index (Phi) is 13.2. The smallest absolute Gasteiger partial charge is 0.352 e. The van der Waals surface area contributed by atoms with Gasteiger partial charge in [-0.3, -0.25) is 15.1 Å². The second-order valence-electron chi connectivity index (χ2n) is 9.70. The maximum atomic E-state index is 11.9. The lowest BCUT2D eigenvalue weighted by Crippen LogP contribution is -2.56. The number of carbonyl (C=O) groups is 2. The van der Waals surface area contributed by atoms with Gasteiger partial charge in [0.25, 0.3) is 0 Å². The van der Waals surface area contributed by atoms with Gasteiger partial charge >= 0.3 is 11.9 Å². The number of esters is 2. The minimum atomic E-state index is -0.547. The molecular weight excluding hydrogens is 480 g/mol. The van der Waals surface area contributed by atoms with Crippen LogP contribution in [0.4, 0.5) is 0 Å². The molecule has 0 spiro atoms. The van der Waals surface area contributed by atoms with Gasteiger partial charge in [0.05, 0.1) is 6.04 Å². The fraction of sp³-hybridized carbons (Fsp3) is 0.516. The number of rotatable bonds is 5. The normalized spacial score (nSPS) is 24.2. The molecule has 0 saturated carbocycles. The van der Waals surface area contributed by atoms with Crippen molar-refractivity contribution in [2.45, 2.75) is 77.9 Å². The van der Waals surface area contributed by atoms with Crippen molar-refractivity contribution >= 4 is 17.7 Å². The van der Waals surface area contributed by atoms with E-state index < -0.39 is 5.54 Å². The van der Waals surface area contributed by atoms with Gasteiger partial charge in [-0.2, -0.15) is 0 Å². The van der Waals surface area contributed by atoms with Crippen molar-refractivity contribution in [3.63, 3.8) is 0 Å². The molecule has 3 aliphatic heterocycles.